The molecular weight excluding hydrogens is 470 g/mol. The number of aromatic nitrogens is 3. The number of aryl methyl sites for hydroxylation is 1. The molecule has 0 radical (unpaired) electrons. The van der Waals surface area contributed by atoms with Crippen molar-refractivity contribution in [2.24, 2.45) is 7.05 Å². The normalized spacial score (nSPS) is 15.4. The Morgan fingerprint density at radius 2 is 2.24 bits per heavy atom. The number of nitro groups is 1. The Bertz CT molecular complexity index is 1180. The number of carbonyl (C=O) groups is 1. The molecule has 2 aromatic carbocycles. The quantitative estimate of drug-likeness (QED) is 0.366. The van der Waals surface area contributed by atoms with Gasteiger partial charge in [-0.3, -0.25) is 14.9 Å². The van der Waals surface area contributed by atoms with Crippen molar-refractivity contribution in [1.82, 2.24) is 14.8 Å². The van der Waals surface area contributed by atoms with Crippen molar-refractivity contribution in [3.8, 4) is 5.75 Å². The molecule has 1 N–H and O–H groups in total. The molecule has 0 bridgehead atoms. The minimum Gasteiger partial charge on any atom is -0.489 e. The first-order chi connectivity index (χ1) is 15.9. The number of amides is 1. The number of ether oxygens (including phenoxy) is 2. The van der Waals surface area contributed by atoms with E-state index in [4.69, 9.17) is 21.1 Å². The minimum absolute atomic E-state index is 0.00541. The molecule has 10 nitrogen and oxygen atoms in total. The summed E-state index contributed by atoms with van der Waals surface area (Å²) in [4.78, 5) is 24.4. The SMILES string of the molecule is Cn1cnnc1Sc1ccc(C(=O)Nc2cc(Cl)ccc2OCC2CCCO2)cc1[N+](=O)[O-]. The van der Waals surface area contributed by atoms with Crippen LogP contribution in [0.3, 0.4) is 0 Å². The number of rotatable bonds is 8. The highest BCUT2D eigenvalue weighted by Gasteiger charge is 2.21. The van der Waals surface area contributed by atoms with Crippen molar-refractivity contribution < 1.29 is 19.2 Å². The maximum atomic E-state index is 12.9. The summed E-state index contributed by atoms with van der Waals surface area (Å²) in [5.41, 5.74) is 0.274. The second-order valence-corrected chi connectivity index (χ2v) is 8.75. The lowest BCUT2D eigenvalue weighted by Crippen LogP contribution is -2.18. The molecule has 4 rings (SSSR count). The third kappa shape index (κ3) is 5.62. The van der Waals surface area contributed by atoms with Crippen LogP contribution in [0.4, 0.5) is 11.4 Å². The topological polar surface area (TPSA) is 121 Å². The minimum atomic E-state index is -0.537. The van der Waals surface area contributed by atoms with Crippen molar-refractivity contribution in [3.63, 3.8) is 0 Å². The summed E-state index contributed by atoms with van der Waals surface area (Å²) in [7, 11) is 1.74. The van der Waals surface area contributed by atoms with Crippen LogP contribution < -0.4 is 10.1 Å². The maximum absolute atomic E-state index is 12.9. The van der Waals surface area contributed by atoms with Crippen LogP contribution >= 0.6 is 23.4 Å². The molecular formula is C21H20ClN5O5S. The molecule has 3 aromatic rings. The van der Waals surface area contributed by atoms with E-state index in [9.17, 15) is 14.9 Å². The van der Waals surface area contributed by atoms with E-state index in [2.05, 4.69) is 15.5 Å². The predicted octanol–water partition coefficient (Wildman–Crippen LogP) is 4.34. The van der Waals surface area contributed by atoms with E-state index in [-0.39, 0.29) is 17.4 Å². The molecule has 1 saturated heterocycles. The Balaban J connectivity index is 1.53. The lowest BCUT2D eigenvalue weighted by Gasteiger charge is -2.15. The van der Waals surface area contributed by atoms with Crippen LogP contribution in [-0.2, 0) is 11.8 Å². The molecule has 0 spiro atoms. The van der Waals surface area contributed by atoms with E-state index in [1.54, 1.807) is 29.8 Å². The van der Waals surface area contributed by atoms with Gasteiger partial charge in [0.25, 0.3) is 11.6 Å². The molecule has 0 aliphatic carbocycles. The summed E-state index contributed by atoms with van der Waals surface area (Å²) in [6.07, 6.45) is 3.41. The molecule has 1 aromatic heterocycles. The van der Waals surface area contributed by atoms with E-state index in [1.165, 1.54) is 24.5 Å². The first-order valence-electron chi connectivity index (χ1n) is 10.1. The molecule has 1 aliphatic rings. The lowest BCUT2D eigenvalue weighted by atomic mass is 10.1. The first kappa shape index (κ1) is 23.0. The number of nitrogens with one attached hydrogen (secondary N) is 1. The second kappa shape index (κ2) is 10.2. The zero-order valence-corrected chi connectivity index (χ0v) is 19.1. The number of carbonyl (C=O) groups excluding carboxylic acids is 1. The zero-order chi connectivity index (χ0) is 23.4. The van der Waals surface area contributed by atoms with Crippen LogP contribution in [0.5, 0.6) is 5.75 Å². The van der Waals surface area contributed by atoms with Crippen LogP contribution in [0.1, 0.15) is 23.2 Å². The summed E-state index contributed by atoms with van der Waals surface area (Å²) in [5, 5.41) is 23.0. The highest BCUT2D eigenvalue weighted by molar-refractivity contribution is 7.99. The molecule has 33 heavy (non-hydrogen) atoms. The van der Waals surface area contributed by atoms with Gasteiger partial charge in [0, 0.05) is 30.3 Å². The van der Waals surface area contributed by atoms with Crippen LogP contribution in [0.25, 0.3) is 0 Å². The second-order valence-electron chi connectivity index (χ2n) is 7.31. The number of benzene rings is 2. The van der Waals surface area contributed by atoms with Gasteiger partial charge in [0.1, 0.15) is 18.7 Å². The van der Waals surface area contributed by atoms with Gasteiger partial charge >= 0.3 is 0 Å². The van der Waals surface area contributed by atoms with Gasteiger partial charge in [0.2, 0.25) is 0 Å². The number of halogens is 1. The van der Waals surface area contributed by atoms with Crippen LogP contribution in [0.2, 0.25) is 5.02 Å². The standard InChI is InChI=1S/C21H20ClN5O5S/c1-26-12-23-25-21(26)33-19-7-4-13(9-17(19)27(29)30)20(28)24-16-10-14(22)5-6-18(16)32-11-15-3-2-8-31-15/h4-7,9-10,12,15H,2-3,8,11H2,1H3,(H,24,28). The Kier molecular flexibility index (Phi) is 7.11. The lowest BCUT2D eigenvalue weighted by molar-refractivity contribution is -0.387. The predicted molar refractivity (Wildman–Crippen MR) is 122 cm³/mol. The third-order valence-corrected chi connectivity index (χ3v) is 6.28. The van der Waals surface area contributed by atoms with Gasteiger partial charge in [0.05, 0.1) is 21.6 Å². The third-order valence-electron chi connectivity index (χ3n) is 4.93. The largest absolute Gasteiger partial charge is 0.489 e. The van der Waals surface area contributed by atoms with Gasteiger partial charge in [-0.2, -0.15) is 0 Å². The first-order valence-corrected chi connectivity index (χ1v) is 11.3. The van der Waals surface area contributed by atoms with Crippen molar-refractivity contribution in [3.05, 3.63) is 63.4 Å². The Morgan fingerprint density at radius 1 is 1.39 bits per heavy atom. The molecule has 172 valence electrons. The maximum Gasteiger partial charge on any atom is 0.284 e. The van der Waals surface area contributed by atoms with Crippen LogP contribution in [-0.4, -0.2) is 44.9 Å². The summed E-state index contributed by atoms with van der Waals surface area (Å²) in [6, 6.07) is 9.14. The molecule has 1 amide bonds. The van der Waals surface area contributed by atoms with E-state index < -0.39 is 10.8 Å². The summed E-state index contributed by atoms with van der Waals surface area (Å²) >= 11 is 7.19. The Hall–Kier alpha value is -3.15. The number of hydrogen-bond donors (Lipinski definition) is 1. The van der Waals surface area contributed by atoms with Crippen molar-refractivity contribution in [2.75, 3.05) is 18.5 Å². The molecule has 1 atom stereocenters. The fourth-order valence-electron chi connectivity index (χ4n) is 3.23. The monoisotopic (exact) mass is 489 g/mol. The zero-order valence-electron chi connectivity index (χ0n) is 17.6. The van der Waals surface area contributed by atoms with E-state index in [1.807, 2.05) is 0 Å². The average Bonchev–Trinajstić information content (AvgIpc) is 3.45. The van der Waals surface area contributed by atoms with Crippen molar-refractivity contribution in [2.45, 2.75) is 29.0 Å². The smallest absolute Gasteiger partial charge is 0.284 e. The molecule has 1 aliphatic heterocycles. The number of anilines is 1. The van der Waals surface area contributed by atoms with Gasteiger partial charge in [0.15, 0.2) is 5.16 Å². The summed E-state index contributed by atoms with van der Waals surface area (Å²) < 4.78 is 13.0. The number of hydrogen-bond acceptors (Lipinski definition) is 8. The fourth-order valence-corrected chi connectivity index (χ4v) is 4.25. The van der Waals surface area contributed by atoms with Gasteiger partial charge in [-0.1, -0.05) is 11.6 Å². The highest BCUT2D eigenvalue weighted by atomic mass is 35.5. The summed E-state index contributed by atoms with van der Waals surface area (Å²) in [5.74, 6) is -0.0928. The van der Waals surface area contributed by atoms with Gasteiger partial charge in [-0.05, 0) is 54.9 Å². The van der Waals surface area contributed by atoms with E-state index in [0.29, 0.717) is 39.7 Å². The molecule has 2 heterocycles. The molecule has 0 saturated carbocycles. The number of nitrogens with zero attached hydrogens (tertiary/aromatic N) is 4. The fraction of sp³-hybridized carbons (Fsp3) is 0.286. The average molecular weight is 490 g/mol. The molecule has 1 unspecified atom stereocenters. The van der Waals surface area contributed by atoms with E-state index in [0.717, 1.165) is 24.6 Å². The van der Waals surface area contributed by atoms with Gasteiger partial charge < -0.3 is 19.4 Å². The number of nitro benzene ring substituents is 1. The Labute approximate surface area is 198 Å². The van der Waals surface area contributed by atoms with Crippen LogP contribution in [0.15, 0.2) is 52.8 Å². The Morgan fingerprint density at radius 3 is 2.94 bits per heavy atom. The summed E-state index contributed by atoms with van der Waals surface area (Å²) in [6.45, 7) is 1.06. The van der Waals surface area contributed by atoms with Gasteiger partial charge in [-0.25, -0.2) is 0 Å². The van der Waals surface area contributed by atoms with Crippen molar-refractivity contribution >= 4 is 40.6 Å². The van der Waals surface area contributed by atoms with E-state index >= 15 is 0 Å². The van der Waals surface area contributed by atoms with Crippen molar-refractivity contribution in [1.29, 1.82) is 0 Å². The van der Waals surface area contributed by atoms with Crippen LogP contribution in [0, 0.1) is 10.1 Å². The van der Waals surface area contributed by atoms with Gasteiger partial charge in [-0.15, -0.1) is 10.2 Å². The molecule has 1 fully saturated rings. The highest BCUT2D eigenvalue weighted by Crippen LogP contribution is 2.35. The molecule has 12 heteroatoms.